The lowest BCUT2D eigenvalue weighted by Crippen LogP contribution is -2.29. The first-order valence-electron chi connectivity index (χ1n) is 7.00. The van der Waals surface area contributed by atoms with Crippen LogP contribution in [0, 0.1) is 0 Å². The largest absolute Gasteiger partial charge is 0.491 e. The maximum Gasteiger partial charge on any atom is 0.491 e. The summed E-state index contributed by atoms with van der Waals surface area (Å²) < 4.78 is 5.12. The van der Waals surface area contributed by atoms with Gasteiger partial charge in [0.15, 0.2) is 5.82 Å². The van der Waals surface area contributed by atoms with Crippen LogP contribution in [0.2, 0.25) is 0 Å². The monoisotopic (exact) mass is 283 g/mol. The van der Waals surface area contributed by atoms with Gasteiger partial charge < -0.3 is 15.0 Å². The van der Waals surface area contributed by atoms with E-state index >= 15 is 0 Å². The van der Waals surface area contributed by atoms with Crippen molar-refractivity contribution in [2.24, 2.45) is 0 Å². The van der Waals surface area contributed by atoms with E-state index in [9.17, 15) is 9.82 Å². The number of rotatable bonds is 3. The van der Waals surface area contributed by atoms with E-state index in [1.165, 1.54) is 12.8 Å². The number of nitrogens with zero attached hydrogens (tertiary/aromatic N) is 1. The number of aromatic nitrogens is 2. The number of nitrogens with one attached hydrogen (secondary N) is 2. The quantitative estimate of drug-likeness (QED) is 0.726. The Hall–Kier alpha value is -2.12. The number of hydrogen-bond donors (Lipinski definition) is 3. The van der Waals surface area contributed by atoms with Gasteiger partial charge in [-0.1, -0.05) is 6.07 Å². The molecule has 2 aliphatic rings. The van der Waals surface area contributed by atoms with Crippen LogP contribution in [-0.2, 0) is 11.3 Å². The SMILES string of the molecule is O=C(Nc1cc(C2CC2)[nH]n1)c1ccc2c(c1)B(O)OC2. The minimum absolute atomic E-state index is 0.245. The smallest absolute Gasteiger partial charge is 0.423 e. The second-order valence-electron chi connectivity index (χ2n) is 5.51. The normalized spacial score (nSPS) is 16.9. The van der Waals surface area contributed by atoms with Crippen LogP contribution in [0.1, 0.15) is 40.4 Å². The summed E-state index contributed by atoms with van der Waals surface area (Å²) in [5, 5.41) is 19.5. The standard InChI is InChI=1S/C14H14BN3O3/c19-14(16-13-6-12(17-18-13)8-1-2-8)9-3-4-10-7-21-15(20)11(10)5-9/h3-6,8,20H,1-2,7H2,(H2,16,17,18,19). The lowest BCUT2D eigenvalue weighted by Gasteiger charge is -2.04. The van der Waals surface area contributed by atoms with E-state index in [0.717, 1.165) is 11.3 Å². The minimum atomic E-state index is -0.945. The second-order valence-corrected chi connectivity index (χ2v) is 5.51. The molecule has 0 bridgehead atoms. The fourth-order valence-electron chi connectivity index (χ4n) is 2.55. The van der Waals surface area contributed by atoms with Crippen LogP contribution in [0.25, 0.3) is 0 Å². The third-order valence-corrected chi connectivity index (χ3v) is 3.93. The molecular weight excluding hydrogens is 269 g/mol. The molecule has 1 amide bonds. The van der Waals surface area contributed by atoms with Crippen LogP contribution in [0.15, 0.2) is 24.3 Å². The summed E-state index contributed by atoms with van der Waals surface area (Å²) in [5.41, 5.74) is 3.12. The topological polar surface area (TPSA) is 87.2 Å². The number of carbonyl (C=O) groups is 1. The summed E-state index contributed by atoms with van der Waals surface area (Å²) in [7, 11) is -0.945. The molecule has 6 nitrogen and oxygen atoms in total. The van der Waals surface area contributed by atoms with Gasteiger partial charge in [0, 0.05) is 23.2 Å². The van der Waals surface area contributed by atoms with Gasteiger partial charge in [0.25, 0.3) is 5.91 Å². The Morgan fingerprint density at radius 1 is 1.43 bits per heavy atom. The molecular formula is C14H14BN3O3. The highest BCUT2D eigenvalue weighted by Crippen LogP contribution is 2.39. The highest BCUT2D eigenvalue weighted by atomic mass is 16.5. The lowest BCUT2D eigenvalue weighted by molar-refractivity contribution is 0.102. The van der Waals surface area contributed by atoms with Crippen molar-refractivity contribution in [1.29, 1.82) is 0 Å². The average molecular weight is 283 g/mol. The van der Waals surface area contributed by atoms with Crippen LogP contribution in [0.3, 0.4) is 0 Å². The van der Waals surface area contributed by atoms with E-state index in [-0.39, 0.29) is 5.91 Å². The molecule has 0 atom stereocenters. The first kappa shape index (κ1) is 12.6. The third kappa shape index (κ3) is 2.34. The van der Waals surface area contributed by atoms with Crippen LogP contribution in [-0.4, -0.2) is 28.2 Å². The van der Waals surface area contributed by atoms with E-state index in [0.29, 0.717) is 29.4 Å². The fourth-order valence-corrected chi connectivity index (χ4v) is 2.55. The first-order valence-corrected chi connectivity index (χ1v) is 7.00. The van der Waals surface area contributed by atoms with Gasteiger partial charge in [0.2, 0.25) is 0 Å². The number of amides is 1. The molecule has 0 unspecified atom stereocenters. The predicted molar refractivity (Wildman–Crippen MR) is 77.4 cm³/mol. The summed E-state index contributed by atoms with van der Waals surface area (Å²) in [4.78, 5) is 12.2. The van der Waals surface area contributed by atoms with Crippen molar-refractivity contribution in [1.82, 2.24) is 10.2 Å². The van der Waals surface area contributed by atoms with E-state index < -0.39 is 7.12 Å². The number of carbonyl (C=O) groups excluding carboxylic acids is 1. The van der Waals surface area contributed by atoms with Crippen LogP contribution < -0.4 is 10.8 Å². The average Bonchev–Trinajstić information content (AvgIpc) is 3.14. The molecule has 1 aromatic heterocycles. The molecule has 1 saturated carbocycles. The number of aromatic amines is 1. The molecule has 7 heteroatoms. The molecule has 1 aromatic carbocycles. The Balaban J connectivity index is 1.52. The Morgan fingerprint density at radius 3 is 3.10 bits per heavy atom. The Morgan fingerprint density at radius 2 is 2.29 bits per heavy atom. The molecule has 3 N–H and O–H groups in total. The van der Waals surface area contributed by atoms with Gasteiger partial charge in [-0.25, -0.2) is 0 Å². The van der Waals surface area contributed by atoms with Crippen molar-refractivity contribution < 1.29 is 14.5 Å². The van der Waals surface area contributed by atoms with Crippen LogP contribution in [0.5, 0.6) is 0 Å². The summed E-state index contributed by atoms with van der Waals surface area (Å²) >= 11 is 0. The molecule has 2 aromatic rings. The highest BCUT2D eigenvalue weighted by molar-refractivity contribution is 6.61. The van der Waals surface area contributed by atoms with Gasteiger partial charge >= 0.3 is 7.12 Å². The molecule has 1 aliphatic heterocycles. The van der Waals surface area contributed by atoms with Crippen molar-refractivity contribution in [3.63, 3.8) is 0 Å². The van der Waals surface area contributed by atoms with Crippen molar-refractivity contribution in [3.8, 4) is 0 Å². The third-order valence-electron chi connectivity index (χ3n) is 3.93. The van der Waals surface area contributed by atoms with Gasteiger partial charge in [-0.2, -0.15) is 5.10 Å². The minimum Gasteiger partial charge on any atom is -0.423 e. The molecule has 21 heavy (non-hydrogen) atoms. The molecule has 0 radical (unpaired) electrons. The maximum atomic E-state index is 12.2. The maximum absolute atomic E-state index is 12.2. The molecule has 0 saturated heterocycles. The number of benzene rings is 1. The lowest BCUT2D eigenvalue weighted by atomic mass is 9.79. The van der Waals surface area contributed by atoms with Gasteiger partial charge in [-0.05, 0) is 36.0 Å². The zero-order valence-electron chi connectivity index (χ0n) is 11.3. The predicted octanol–water partition coefficient (Wildman–Crippen LogP) is 0.757. The van der Waals surface area contributed by atoms with Crippen LogP contribution >= 0.6 is 0 Å². The molecule has 106 valence electrons. The fraction of sp³-hybridized carbons (Fsp3) is 0.286. The highest BCUT2D eigenvalue weighted by Gasteiger charge is 2.28. The van der Waals surface area contributed by atoms with Crippen molar-refractivity contribution >= 4 is 24.3 Å². The van der Waals surface area contributed by atoms with Gasteiger partial charge in [-0.3, -0.25) is 9.89 Å². The number of H-pyrrole nitrogens is 1. The Labute approximate surface area is 121 Å². The Bertz CT molecular complexity index is 711. The van der Waals surface area contributed by atoms with Gasteiger partial charge in [0.1, 0.15) is 0 Å². The summed E-state index contributed by atoms with van der Waals surface area (Å²) in [5.74, 6) is 0.848. The summed E-state index contributed by atoms with van der Waals surface area (Å²) in [6, 6.07) is 7.07. The van der Waals surface area contributed by atoms with Gasteiger partial charge in [-0.15, -0.1) is 0 Å². The molecule has 1 aliphatic carbocycles. The number of anilines is 1. The number of hydrogen-bond acceptors (Lipinski definition) is 4. The molecule has 2 heterocycles. The zero-order chi connectivity index (χ0) is 14.4. The van der Waals surface area contributed by atoms with E-state index in [2.05, 4.69) is 15.5 Å². The number of fused-ring (bicyclic) bond motifs is 1. The van der Waals surface area contributed by atoms with Crippen molar-refractivity contribution in [3.05, 3.63) is 41.1 Å². The van der Waals surface area contributed by atoms with E-state index in [4.69, 9.17) is 4.65 Å². The first-order chi connectivity index (χ1) is 10.2. The van der Waals surface area contributed by atoms with Crippen LogP contribution in [0.4, 0.5) is 5.82 Å². The molecule has 4 rings (SSSR count). The molecule has 0 spiro atoms. The van der Waals surface area contributed by atoms with E-state index in [1.54, 1.807) is 18.2 Å². The second kappa shape index (κ2) is 4.72. The summed E-state index contributed by atoms with van der Waals surface area (Å²) in [6.07, 6.45) is 2.36. The van der Waals surface area contributed by atoms with E-state index in [1.807, 2.05) is 6.07 Å². The van der Waals surface area contributed by atoms with Gasteiger partial charge in [0.05, 0.1) is 6.61 Å². The zero-order valence-corrected chi connectivity index (χ0v) is 11.3. The summed E-state index contributed by atoms with van der Waals surface area (Å²) in [6.45, 7) is 0.377. The van der Waals surface area contributed by atoms with Crippen molar-refractivity contribution in [2.45, 2.75) is 25.4 Å². The molecule has 1 fully saturated rings. The van der Waals surface area contributed by atoms with Crippen molar-refractivity contribution in [2.75, 3.05) is 5.32 Å². The Kier molecular flexibility index (Phi) is 2.83.